The number of hydrogen-bond donors (Lipinski definition) is 2. The van der Waals surface area contributed by atoms with E-state index in [-0.39, 0.29) is 25.4 Å². The molecule has 1 fully saturated rings. The van der Waals surface area contributed by atoms with Gasteiger partial charge in [0.1, 0.15) is 11.9 Å². The summed E-state index contributed by atoms with van der Waals surface area (Å²) in [5.74, 6) is 0.805. The van der Waals surface area contributed by atoms with Gasteiger partial charge in [-0.25, -0.2) is 0 Å². The zero-order valence-corrected chi connectivity index (χ0v) is 11.9. The van der Waals surface area contributed by atoms with Crippen LogP contribution in [0.3, 0.4) is 0 Å². The van der Waals surface area contributed by atoms with Crippen molar-refractivity contribution in [2.24, 2.45) is 0 Å². The van der Waals surface area contributed by atoms with Gasteiger partial charge < -0.3 is 24.4 Å². The molecular weight excluding hydrogens is 260 g/mol. The third kappa shape index (κ3) is 3.49. The van der Waals surface area contributed by atoms with Crippen molar-refractivity contribution in [3.05, 3.63) is 29.8 Å². The van der Waals surface area contributed by atoms with Gasteiger partial charge >= 0.3 is 0 Å². The topological polar surface area (TPSA) is 68.2 Å². The highest BCUT2D eigenvalue weighted by atomic mass is 16.6. The molecule has 0 amide bonds. The average molecular weight is 282 g/mol. The van der Waals surface area contributed by atoms with Crippen LogP contribution >= 0.6 is 0 Å². The fraction of sp³-hybridized carbons (Fsp3) is 0.600. The van der Waals surface area contributed by atoms with Gasteiger partial charge in [-0.1, -0.05) is 12.1 Å². The second-order valence-electron chi connectivity index (χ2n) is 5.35. The standard InChI is InChI=1S/C15H22O5/c1-15(10-17)7-13(14(8-16)20-15)19-9-11-3-5-12(18-2)6-4-11/h3-6,13-14,16-17H,7-10H2,1-2H3/t13?,14-,15-/m1/s1. The number of benzene rings is 1. The van der Waals surface area contributed by atoms with Crippen LogP contribution < -0.4 is 4.74 Å². The molecule has 1 unspecified atom stereocenters. The molecule has 0 bridgehead atoms. The monoisotopic (exact) mass is 282 g/mol. The number of ether oxygens (including phenoxy) is 3. The van der Waals surface area contributed by atoms with Crippen molar-refractivity contribution < 1.29 is 24.4 Å². The summed E-state index contributed by atoms with van der Waals surface area (Å²) in [5, 5.41) is 18.6. The Morgan fingerprint density at radius 2 is 2.00 bits per heavy atom. The highest BCUT2D eigenvalue weighted by molar-refractivity contribution is 5.26. The van der Waals surface area contributed by atoms with E-state index in [1.54, 1.807) is 7.11 Å². The minimum Gasteiger partial charge on any atom is -0.497 e. The van der Waals surface area contributed by atoms with Gasteiger partial charge in [-0.2, -0.15) is 0 Å². The van der Waals surface area contributed by atoms with Gasteiger partial charge in [0.2, 0.25) is 0 Å². The van der Waals surface area contributed by atoms with Gasteiger partial charge in [-0.05, 0) is 24.6 Å². The Hall–Kier alpha value is -1.14. The van der Waals surface area contributed by atoms with Crippen LogP contribution in [0, 0.1) is 0 Å². The highest BCUT2D eigenvalue weighted by Gasteiger charge is 2.43. The minimum absolute atomic E-state index is 0.0775. The first-order chi connectivity index (χ1) is 9.60. The quantitative estimate of drug-likeness (QED) is 0.818. The number of methoxy groups -OCH3 is 1. The molecule has 3 atom stereocenters. The Labute approximate surface area is 119 Å². The molecule has 112 valence electrons. The lowest BCUT2D eigenvalue weighted by molar-refractivity contribution is -0.0931. The van der Waals surface area contributed by atoms with Crippen molar-refractivity contribution in [2.45, 2.75) is 37.8 Å². The Morgan fingerprint density at radius 3 is 2.55 bits per heavy atom. The van der Waals surface area contributed by atoms with Crippen molar-refractivity contribution in [1.82, 2.24) is 0 Å². The average Bonchev–Trinajstić information content (AvgIpc) is 2.83. The van der Waals surface area contributed by atoms with Crippen LogP contribution in [-0.4, -0.2) is 48.3 Å². The van der Waals surface area contributed by atoms with Crippen molar-refractivity contribution in [2.75, 3.05) is 20.3 Å². The first-order valence-corrected chi connectivity index (χ1v) is 6.74. The van der Waals surface area contributed by atoms with Gasteiger partial charge in [0.15, 0.2) is 0 Å². The van der Waals surface area contributed by atoms with E-state index in [0.717, 1.165) is 11.3 Å². The maximum Gasteiger partial charge on any atom is 0.118 e. The largest absolute Gasteiger partial charge is 0.497 e. The van der Waals surface area contributed by atoms with Crippen LogP contribution in [0.5, 0.6) is 5.75 Å². The molecule has 2 rings (SSSR count). The third-order valence-electron chi connectivity index (χ3n) is 3.62. The van der Waals surface area contributed by atoms with E-state index in [9.17, 15) is 10.2 Å². The second kappa shape index (κ2) is 6.54. The van der Waals surface area contributed by atoms with Crippen molar-refractivity contribution in [3.63, 3.8) is 0 Å². The first kappa shape index (κ1) is 15.3. The van der Waals surface area contributed by atoms with Crippen LogP contribution in [0.25, 0.3) is 0 Å². The Kier molecular flexibility index (Phi) is 4.99. The van der Waals surface area contributed by atoms with Crippen molar-refractivity contribution in [3.8, 4) is 5.75 Å². The summed E-state index contributed by atoms with van der Waals surface area (Å²) in [7, 11) is 1.63. The molecule has 5 nitrogen and oxygen atoms in total. The van der Waals surface area contributed by atoms with E-state index in [0.29, 0.717) is 13.0 Å². The maximum atomic E-state index is 9.33. The number of aliphatic hydroxyl groups is 2. The molecule has 20 heavy (non-hydrogen) atoms. The molecule has 2 N–H and O–H groups in total. The molecule has 1 aromatic carbocycles. The predicted octanol–water partition coefficient (Wildman–Crippen LogP) is 1.11. The minimum atomic E-state index is -0.627. The van der Waals surface area contributed by atoms with E-state index in [2.05, 4.69) is 0 Å². The lowest BCUT2D eigenvalue weighted by atomic mass is 10.0. The molecule has 1 aliphatic rings. The molecule has 0 spiro atoms. The van der Waals surface area contributed by atoms with E-state index < -0.39 is 5.60 Å². The molecule has 0 radical (unpaired) electrons. The van der Waals surface area contributed by atoms with Crippen LogP contribution in [0.15, 0.2) is 24.3 Å². The van der Waals surface area contributed by atoms with Crippen LogP contribution in [-0.2, 0) is 16.1 Å². The third-order valence-corrected chi connectivity index (χ3v) is 3.62. The van der Waals surface area contributed by atoms with E-state index in [1.807, 2.05) is 31.2 Å². The number of hydrogen-bond acceptors (Lipinski definition) is 5. The predicted molar refractivity (Wildman–Crippen MR) is 73.6 cm³/mol. The van der Waals surface area contributed by atoms with Crippen molar-refractivity contribution >= 4 is 0 Å². The second-order valence-corrected chi connectivity index (χ2v) is 5.35. The molecule has 1 aliphatic heterocycles. The van der Waals surface area contributed by atoms with E-state index in [1.165, 1.54) is 0 Å². The van der Waals surface area contributed by atoms with E-state index >= 15 is 0 Å². The molecular formula is C15H22O5. The molecule has 1 heterocycles. The Bertz CT molecular complexity index is 419. The molecule has 0 aromatic heterocycles. The summed E-state index contributed by atoms with van der Waals surface area (Å²) in [6, 6.07) is 7.64. The van der Waals surface area contributed by atoms with Gasteiger partial charge in [0.05, 0.1) is 38.6 Å². The molecule has 1 aromatic rings. The summed E-state index contributed by atoms with van der Waals surface area (Å²) in [5.41, 5.74) is 0.401. The summed E-state index contributed by atoms with van der Waals surface area (Å²) < 4.78 is 16.6. The number of rotatable bonds is 6. The summed E-state index contributed by atoms with van der Waals surface area (Å²) in [6.45, 7) is 2.08. The zero-order chi connectivity index (χ0) is 14.6. The summed E-state index contributed by atoms with van der Waals surface area (Å²) in [4.78, 5) is 0. The van der Waals surface area contributed by atoms with Gasteiger partial charge in [-0.15, -0.1) is 0 Å². The molecule has 5 heteroatoms. The van der Waals surface area contributed by atoms with Crippen molar-refractivity contribution in [1.29, 1.82) is 0 Å². The normalized spacial score (nSPS) is 29.6. The SMILES string of the molecule is COc1ccc(COC2C[C@](C)(CO)O[C@@H]2CO)cc1. The van der Waals surface area contributed by atoms with E-state index in [4.69, 9.17) is 14.2 Å². The molecule has 0 aliphatic carbocycles. The van der Waals surface area contributed by atoms with Gasteiger partial charge in [0, 0.05) is 6.42 Å². The lowest BCUT2D eigenvalue weighted by Gasteiger charge is -2.20. The lowest BCUT2D eigenvalue weighted by Crippen LogP contribution is -2.30. The fourth-order valence-electron chi connectivity index (χ4n) is 2.39. The first-order valence-electron chi connectivity index (χ1n) is 6.74. The van der Waals surface area contributed by atoms with Crippen LogP contribution in [0.1, 0.15) is 18.9 Å². The van der Waals surface area contributed by atoms with Gasteiger partial charge in [0.25, 0.3) is 0 Å². The Balaban J connectivity index is 1.92. The smallest absolute Gasteiger partial charge is 0.118 e. The molecule has 0 saturated carbocycles. The van der Waals surface area contributed by atoms with Crippen LogP contribution in [0.2, 0.25) is 0 Å². The fourth-order valence-corrected chi connectivity index (χ4v) is 2.39. The Morgan fingerprint density at radius 1 is 1.30 bits per heavy atom. The summed E-state index contributed by atoms with van der Waals surface area (Å²) in [6.07, 6.45) is -0.0186. The van der Waals surface area contributed by atoms with Crippen LogP contribution in [0.4, 0.5) is 0 Å². The highest BCUT2D eigenvalue weighted by Crippen LogP contribution is 2.32. The summed E-state index contributed by atoms with van der Waals surface area (Å²) >= 11 is 0. The van der Waals surface area contributed by atoms with Gasteiger partial charge in [-0.3, -0.25) is 0 Å². The maximum absolute atomic E-state index is 9.33. The molecule has 1 saturated heterocycles. The number of aliphatic hydroxyl groups excluding tert-OH is 2. The zero-order valence-electron chi connectivity index (χ0n) is 11.9.